The zero-order chi connectivity index (χ0) is 77.5. The molecule has 0 radical (unpaired) electrons. The summed E-state index contributed by atoms with van der Waals surface area (Å²) in [4.78, 5) is 180. The van der Waals surface area contributed by atoms with Crippen molar-refractivity contribution >= 4 is 93.7 Å². The Morgan fingerprint density at radius 2 is 1.09 bits per heavy atom. The molecule has 1 aliphatic heterocycles. The Hall–Kier alpha value is -9.79. The molecular formula is C72H114N18O15. The van der Waals surface area contributed by atoms with Gasteiger partial charge in [0.15, 0.2) is 5.96 Å². The van der Waals surface area contributed by atoms with E-state index in [1.807, 2.05) is 24.3 Å². The molecule has 1 aliphatic rings. The van der Waals surface area contributed by atoms with Gasteiger partial charge in [0.1, 0.15) is 42.3 Å². The second-order valence-electron chi connectivity index (χ2n) is 27.5. The minimum absolute atomic E-state index is 0.000257. The van der Waals surface area contributed by atoms with Gasteiger partial charge in [0.2, 0.25) is 70.9 Å². The van der Waals surface area contributed by atoms with Gasteiger partial charge in [-0.15, -0.1) is 0 Å². The number of benzene rings is 2. The van der Waals surface area contributed by atoms with Crippen LogP contribution in [0.5, 0.6) is 0 Å². The minimum Gasteiger partial charge on any atom is -0.391 e. The summed E-state index contributed by atoms with van der Waals surface area (Å²) in [7, 11) is 0. The topological polar surface area (TPSA) is 517 Å². The molecule has 0 spiro atoms. The van der Waals surface area contributed by atoms with Crippen LogP contribution in [0.25, 0.3) is 22.2 Å². The number of H-pyrrole nitrogens is 1. The second kappa shape index (κ2) is 46.8. The van der Waals surface area contributed by atoms with Crippen molar-refractivity contribution in [3.63, 3.8) is 0 Å². The molecule has 582 valence electrons. The first kappa shape index (κ1) is 87.6. The number of amides is 13. The maximum Gasteiger partial charge on any atom is 0.251 e. The summed E-state index contributed by atoms with van der Waals surface area (Å²) < 4.78 is 0. The van der Waals surface area contributed by atoms with Crippen LogP contribution < -0.4 is 75.7 Å². The number of rotatable bonds is 49. The number of nitrogens with two attached hydrogens (primary N) is 3. The highest BCUT2D eigenvalue weighted by Gasteiger charge is 2.41. The van der Waals surface area contributed by atoms with Crippen molar-refractivity contribution in [2.24, 2.45) is 34.0 Å². The van der Waals surface area contributed by atoms with Gasteiger partial charge in [-0.25, -0.2) is 0 Å². The number of para-hydroxylation sites is 1. The second-order valence-corrected chi connectivity index (χ2v) is 27.5. The molecule has 3 aromatic rings. The van der Waals surface area contributed by atoms with Crippen LogP contribution in [0.1, 0.15) is 187 Å². The van der Waals surface area contributed by atoms with Gasteiger partial charge >= 0.3 is 0 Å². The number of nitrogens with zero attached hydrogens (tertiary/aromatic N) is 3. The molecule has 0 bridgehead atoms. The van der Waals surface area contributed by atoms with Crippen molar-refractivity contribution in [1.29, 1.82) is 0 Å². The van der Waals surface area contributed by atoms with E-state index in [1.54, 1.807) is 52.0 Å². The van der Waals surface area contributed by atoms with E-state index >= 15 is 0 Å². The first-order valence-corrected chi connectivity index (χ1v) is 36.7. The predicted octanol–water partition coefficient (Wildman–Crippen LogP) is 0.198. The third-order valence-electron chi connectivity index (χ3n) is 17.4. The number of primary amides is 1. The number of hydrogen-bond donors (Lipinski definition) is 17. The molecule has 105 heavy (non-hydrogen) atoms. The summed E-state index contributed by atoms with van der Waals surface area (Å²) >= 11 is 0. The van der Waals surface area contributed by atoms with Gasteiger partial charge in [-0.3, -0.25) is 72.4 Å². The highest BCUT2D eigenvalue weighted by molar-refractivity contribution is 6.00. The zero-order valence-electron chi connectivity index (χ0n) is 61.8. The molecule has 33 nitrogen and oxygen atoms in total. The average Bonchev–Trinajstić information content (AvgIpc) is 1.51. The van der Waals surface area contributed by atoms with Crippen molar-refractivity contribution in [2.45, 2.75) is 231 Å². The van der Waals surface area contributed by atoms with Crippen LogP contribution in [0.3, 0.4) is 0 Å². The van der Waals surface area contributed by atoms with Gasteiger partial charge in [-0.05, 0) is 95.2 Å². The molecule has 0 unspecified atom stereocenters. The zero-order valence-corrected chi connectivity index (χ0v) is 61.8. The normalized spacial score (nSPS) is 14.9. The SMILES string of the molecule is CCCCCCCCCCCCCC(=O)NCC(=O)N[C@@H](CCCN=C(N)N)C(=O)N1CCC[C@H]1C(=O)N[C@H](C(=O)N[C@H](C(=O)N[C@@H](CC(C)C)C(=O)N[C@@H](CC(N)=O)C(=O)N[C@@H](CC(C)C)C(=O)NCC(=O)NCC(=O)NCCCNC(=O)c1ccc(-c2n[nH]c3ccccc23)cc1)[C@@H](C)O)[C@@H](C)O. The van der Waals surface area contributed by atoms with E-state index in [1.165, 1.54) is 50.3 Å². The Kier molecular flexibility index (Phi) is 39.1. The molecule has 1 aromatic heterocycles. The van der Waals surface area contributed by atoms with Gasteiger partial charge in [0.25, 0.3) is 5.91 Å². The molecule has 0 aliphatic carbocycles. The summed E-state index contributed by atoms with van der Waals surface area (Å²) in [6, 6.07) is 4.00. The van der Waals surface area contributed by atoms with Crippen LogP contribution in [0.2, 0.25) is 0 Å². The van der Waals surface area contributed by atoms with E-state index in [2.05, 4.69) is 80.6 Å². The summed E-state index contributed by atoms with van der Waals surface area (Å²) in [6.07, 6.45) is 9.26. The molecule has 2 heterocycles. The summed E-state index contributed by atoms with van der Waals surface area (Å²) in [6.45, 7) is 10.4. The highest BCUT2D eigenvalue weighted by Crippen LogP contribution is 2.27. The van der Waals surface area contributed by atoms with Crippen LogP contribution in [0.4, 0.5) is 0 Å². The molecule has 1 fully saturated rings. The maximum atomic E-state index is 14.3. The van der Waals surface area contributed by atoms with Crippen LogP contribution in [0.15, 0.2) is 53.5 Å². The quantitative estimate of drug-likeness (QED) is 0.0204. The van der Waals surface area contributed by atoms with Crippen LogP contribution in [-0.4, -0.2) is 208 Å². The number of likely N-dealkylation sites (tertiary alicyclic amines) is 1. The standard InChI is InChI=1S/C72H114N18O15/c1-8-9-10-11-12-13-14-15-16-17-18-28-57(94)79-42-60(97)82-51(26-21-33-78-72(74)75)71(105)90-36-22-27-55(90)68(102)86-62(46(7)92)70(104)87-61(45(6)91)69(103)85-53(38-44(4)5)66(100)84-54(39-56(73)93)67(101)83-52(37-43(2)3)65(99)81-41-59(96)80-40-58(95)76-34-23-35-77-64(98)48-31-29-47(30-32-48)63-49-24-19-20-25-50(49)88-89-63/h19-20,24-25,29-32,43-46,51-55,61-62,91-92H,8-18,21-23,26-28,33-42H2,1-7H3,(H2,73,93)(H,76,95)(H,77,98)(H,79,94)(H,80,96)(H,81,99)(H,82,97)(H,83,101)(H,84,100)(H,85,103)(H,86,102)(H,87,104)(H,88,89)(H4,74,75,78)/t45-,46-,51+,52+,53+,54+,55+,61+,62+/m1/s1. The first-order valence-electron chi connectivity index (χ1n) is 36.7. The van der Waals surface area contributed by atoms with Gasteiger partial charge in [-0.1, -0.05) is 129 Å². The van der Waals surface area contributed by atoms with Crippen molar-refractivity contribution in [1.82, 2.24) is 73.6 Å². The van der Waals surface area contributed by atoms with E-state index in [4.69, 9.17) is 17.2 Å². The Labute approximate surface area is 614 Å². The summed E-state index contributed by atoms with van der Waals surface area (Å²) in [5.41, 5.74) is 19.5. The third-order valence-corrected chi connectivity index (χ3v) is 17.4. The number of aliphatic hydroxyl groups excluding tert-OH is 2. The fourth-order valence-corrected chi connectivity index (χ4v) is 11.8. The lowest BCUT2D eigenvalue weighted by Crippen LogP contribution is -2.63. The Morgan fingerprint density at radius 3 is 1.70 bits per heavy atom. The number of nitrogens with one attached hydrogen (secondary N) is 12. The van der Waals surface area contributed by atoms with E-state index in [0.29, 0.717) is 24.8 Å². The van der Waals surface area contributed by atoms with E-state index < -0.39 is 146 Å². The van der Waals surface area contributed by atoms with Crippen LogP contribution >= 0.6 is 0 Å². The number of fused-ring (bicyclic) bond motifs is 1. The fraction of sp³-hybridized carbons (Fsp3) is 0.625. The number of carbonyl (C=O) groups excluding carboxylic acids is 13. The largest absolute Gasteiger partial charge is 0.391 e. The maximum absolute atomic E-state index is 14.3. The number of aromatic amines is 1. The number of hydrogen-bond acceptors (Lipinski definition) is 17. The number of aliphatic hydroxyl groups is 2. The highest BCUT2D eigenvalue weighted by atomic mass is 16.3. The number of aliphatic imine (C=N–C) groups is 1. The Balaban J connectivity index is 1.29. The van der Waals surface area contributed by atoms with E-state index in [9.17, 15) is 72.5 Å². The molecule has 9 atom stereocenters. The monoisotopic (exact) mass is 1470 g/mol. The third kappa shape index (κ3) is 32.4. The van der Waals surface area contributed by atoms with Crippen molar-refractivity contribution in [3.8, 4) is 11.3 Å². The van der Waals surface area contributed by atoms with E-state index in [-0.39, 0.29) is 94.3 Å². The molecule has 13 amide bonds. The smallest absolute Gasteiger partial charge is 0.251 e. The molecule has 2 aromatic carbocycles. The molecule has 4 rings (SSSR count). The number of carbonyl (C=O) groups is 13. The van der Waals surface area contributed by atoms with Crippen molar-refractivity contribution in [3.05, 3.63) is 54.1 Å². The Morgan fingerprint density at radius 1 is 0.552 bits per heavy atom. The number of unbranched alkanes of at least 4 members (excludes halogenated alkanes) is 10. The minimum atomic E-state index is -1.86. The van der Waals surface area contributed by atoms with Gasteiger partial charge in [0, 0.05) is 49.1 Å². The van der Waals surface area contributed by atoms with Gasteiger partial charge < -0.3 is 90.8 Å². The number of guanidine groups is 1. The van der Waals surface area contributed by atoms with Crippen molar-refractivity contribution in [2.75, 3.05) is 45.8 Å². The fourth-order valence-electron chi connectivity index (χ4n) is 11.8. The number of aromatic nitrogens is 2. The van der Waals surface area contributed by atoms with Gasteiger partial charge in [0.05, 0.1) is 49.5 Å². The summed E-state index contributed by atoms with van der Waals surface area (Å²) in [5.74, 6) is -11.2. The van der Waals surface area contributed by atoms with Crippen LogP contribution in [-0.2, 0) is 57.5 Å². The van der Waals surface area contributed by atoms with Gasteiger partial charge in [-0.2, -0.15) is 5.10 Å². The average molecular weight is 1470 g/mol. The summed E-state index contributed by atoms with van der Waals surface area (Å²) in [5, 5.41) is 57.8. The lowest BCUT2D eigenvalue weighted by Gasteiger charge is -2.31. The molecule has 1 saturated heterocycles. The molecular weight excluding hydrogens is 1360 g/mol. The predicted molar refractivity (Wildman–Crippen MR) is 394 cm³/mol. The lowest BCUT2D eigenvalue weighted by molar-refractivity contribution is -0.143. The van der Waals surface area contributed by atoms with Crippen molar-refractivity contribution < 1.29 is 72.5 Å². The molecule has 33 heteroatoms. The van der Waals surface area contributed by atoms with E-state index in [0.717, 1.165) is 54.8 Å². The molecule has 20 N–H and O–H groups in total. The first-order chi connectivity index (χ1) is 50.0. The Bertz CT molecular complexity index is 3380. The molecule has 0 saturated carbocycles. The lowest BCUT2D eigenvalue weighted by atomic mass is 10.0. The van der Waals surface area contributed by atoms with Crippen LogP contribution in [0, 0.1) is 11.8 Å².